The van der Waals surface area contributed by atoms with Crippen molar-refractivity contribution in [3.05, 3.63) is 52.5 Å². The van der Waals surface area contributed by atoms with Gasteiger partial charge in [0.1, 0.15) is 0 Å². The van der Waals surface area contributed by atoms with Crippen molar-refractivity contribution in [3.8, 4) is 17.2 Å². The summed E-state index contributed by atoms with van der Waals surface area (Å²) in [5.74, 6) is 1.38. The van der Waals surface area contributed by atoms with Crippen LogP contribution in [0.3, 0.4) is 0 Å². The largest absolute Gasteiger partial charge is 0.493 e. The number of amides is 1. The molecule has 3 rings (SSSR count). The van der Waals surface area contributed by atoms with Crippen LogP contribution in [0.4, 0.5) is 0 Å². The van der Waals surface area contributed by atoms with Crippen LogP contribution in [0.1, 0.15) is 28.9 Å². The first kappa shape index (κ1) is 21.3. The van der Waals surface area contributed by atoms with Gasteiger partial charge in [-0.1, -0.05) is 29.8 Å². The van der Waals surface area contributed by atoms with Gasteiger partial charge in [0.15, 0.2) is 11.5 Å². The molecule has 1 atom stereocenters. The molecular formula is C22H27ClN2O4. The summed E-state index contributed by atoms with van der Waals surface area (Å²) in [7, 11) is 4.63. The molecule has 1 saturated heterocycles. The summed E-state index contributed by atoms with van der Waals surface area (Å²) < 4.78 is 16.1. The van der Waals surface area contributed by atoms with Crippen LogP contribution < -0.4 is 14.2 Å². The predicted molar refractivity (Wildman–Crippen MR) is 113 cm³/mol. The Hall–Kier alpha value is -2.44. The van der Waals surface area contributed by atoms with Gasteiger partial charge >= 0.3 is 0 Å². The van der Waals surface area contributed by atoms with E-state index < -0.39 is 0 Å². The number of halogens is 1. The van der Waals surface area contributed by atoms with Crippen LogP contribution in [0.25, 0.3) is 0 Å². The molecule has 6 nitrogen and oxygen atoms in total. The van der Waals surface area contributed by atoms with E-state index in [2.05, 4.69) is 17.9 Å². The van der Waals surface area contributed by atoms with Crippen molar-refractivity contribution in [3.63, 3.8) is 0 Å². The first-order valence-electron chi connectivity index (χ1n) is 9.58. The van der Waals surface area contributed by atoms with E-state index in [1.807, 2.05) is 23.1 Å². The summed E-state index contributed by atoms with van der Waals surface area (Å²) in [6.07, 6.45) is 0. The molecule has 1 aliphatic heterocycles. The highest BCUT2D eigenvalue weighted by atomic mass is 35.5. The van der Waals surface area contributed by atoms with Crippen molar-refractivity contribution in [1.29, 1.82) is 0 Å². The molecule has 0 aliphatic carbocycles. The summed E-state index contributed by atoms with van der Waals surface area (Å²) in [4.78, 5) is 17.3. The van der Waals surface area contributed by atoms with Gasteiger partial charge in [0.2, 0.25) is 5.75 Å². The lowest BCUT2D eigenvalue weighted by atomic mass is 10.1. The van der Waals surface area contributed by atoms with Crippen molar-refractivity contribution in [2.24, 2.45) is 0 Å². The molecule has 1 unspecified atom stereocenters. The summed E-state index contributed by atoms with van der Waals surface area (Å²) in [6, 6.07) is 11.5. The summed E-state index contributed by atoms with van der Waals surface area (Å²) >= 11 is 6.35. The second-order valence-corrected chi connectivity index (χ2v) is 7.35. The number of piperazine rings is 1. The third-order valence-electron chi connectivity index (χ3n) is 5.42. The number of carbonyl (C=O) groups excluding carboxylic acids is 1. The Bertz CT molecular complexity index is 841. The van der Waals surface area contributed by atoms with Crippen molar-refractivity contribution in [2.45, 2.75) is 13.0 Å². The molecule has 2 aromatic rings. The molecule has 156 valence electrons. The lowest BCUT2D eigenvalue weighted by Gasteiger charge is -2.38. The van der Waals surface area contributed by atoms with E-state index >= 15 is 0 Å². The van der Waals surface area contributed by atoms with Gasteiger partial charge in [-0.3, -0.25) is 9.69 Å². The lowest BCUT2D eigenvalue weighted by molar-refractivity contribution is 0.0581. The van der Waals surface area contributed by atoms with Crippen LogP contribution in [-0.4, -0.2) is 63.2 Å². The zero-order valence-corrected chi connectivity index (χ0v) is 18.0. The fourth-order valence-electron chi connectivity index (χ4n) is 3.71. The Balaban J connectivity index is 1.71. The molecule has 1 heterocycles. The minimum Gasteiger partial charge on any atom is -0.493 e. The average Bonchev–Trinajstić information content (AvgIpc) is 2.77. The molecule has 0 saturated carbocycles. The Morgan fingerprint density at radius 3 is 2.07 bits per heavy atom. The third-order valence-corrected chi connectivity index (χ3v) is 5.76. The Kier molecular flexibility index (Phi) is 6.87. The minimum absolute atomic E-state index is 0.0469. The summed E-state index contributed by atoms with van der Waals surface area (Å²) in [5.41, 5.74) is 1.63. The lowest BCUT2D eigenvalue weighted by Crippen LogP contribution is -2.49. The van der Waals surface area contributed by atoms with E-state index in [9.17, 15) is 4.79 Å². The number of nitrogens with zero attached hydrogens (tertiary/aromatic N) is 2. The van der Waals surface area contributed by atoms with Crippen molar-refractivity contribution in [1.82, 2.24) is 9.80 Å². The number of ether oxygens (including phenoxy) is 3. The molecule has 29 heavy (non-hydrogen) atoms. The zero-order valence-electron chi connectivity index (χ0n) is 17.3. The highest BCUT2D eigenvalue weighted by Crippen LogP contribution is 2.38. The Morgan fingerprint density at radius 2 is 1.55 bits per heavy atom. The highest BCUT2D eigenvalue weighted by molar-refractivity contribution is 6.31. The van der Waals surface area contributed by atoms with Crippen molar-refractivity contribution in [2.75, 3.05) is 47.5 Å². The number of carbonyl (C=O) groups is 1. The smallest absolute Gasteiger partial charge is 0.254 e. The Morgan fingerprint density at radius 1 is 0.966 bits per heavy atom. The van der Waals surface area contributed by atoms with Crippen LogP contribution in [0.15, 0.2) is 36.4 Å². The molecule has 0 N–H and O–H groups in total. The standard InChI is InChI=1S/C22H27ClN2O4/c1-15(17-7-5-6-8-18(17)23)24-9-11-25(12-10-24)22(26)16-13-19(27-2)21(29-4)20(14-16)28-3/h5-8,13-15H,9-12H2,1-4H3. The maximum absolute atomic E-state index is 13.1. The van der Waals surface area contributed by atoms with E-state index in [0.717, 1.165) is 23.7 Å². The van der Waals surface area contributed by atoms with Gasteiger partial charge in [-0.25, -0.2) is 0 Å². The quantitative estimate of drug-likeness (QED) is 0.712. The number of hydrogen-bond donors (Lipinski definition) is 0. The molecule has 1 amide bonds. The van der Waals surface area contributed by atoms with Gasteiger partial charge in [0.05, 0.1) is 21.3 Å². The molecule has 0 bridgehead atoms. The van der Waals surface area contributed by atoms with E-state index in [0.29, 0.717) is 35.9 Å². The van der Waals surface area contributed by atoms with Gasteiger partial charge in [-0.05, 0) is 30.7 Å². The van der Waals surface area contributed by atoms with E-state index in [4.69, 9.17) is 25.8 Å². The van der Waals surface area contributed by atoms with Crippen LogP contribution in [0.5, 0.6) is 17.2 Å². The predicted octanol–water partition coefficient (Wildman–Crippen LogP) is 3.88. The van der Waals surface area contributed by atoms with Crippen LogP contribution in [0.2, 0.25) is 5.02 Å². The SMILES string of the molecule is COc1cc(C(=O)N2CCN(C(C)c3ccccc3Cl)CC2)cc(OC)c1OC. The topological polar surface area (TPSA) is 51.2 Å². The maximum Gasteiger partial charge on any atom is 0.254 e. The van der Waals surface area contributed by atoms with Gasteiger partial charge in [-0.2, -0.15) is 0 Å². The van der Waals surface area contributed by atoms with Crippen molar-refractivity contribution >= 4 is 17.5 Å². The normalized spacial score (nSPS) is 15.7. The molecule has 1 fully saturated rings. The number of rotatable bonds is 6. The fraction of sp³-hybridized carbons (Fsp3) is 0.409. The number of hydrogen-bond acceptors (Lipinski definition) is 5. The molecule has 0 radical (unpaired) electrons. The maximum atomic E-state index is 13.1. The number of methoxy groups -OCH3 is 3. The highest BCUT2D eigenvalue weighted by Gasteiger charge is 2.27. The second kappa shape index (κ2) is 9.37. The molecule has 2 aromatic carbocycles. The fourth-order valence-corrected chi connectivity index (χ4v) is 4.00. The first-order chi connectivity index (χ1) is 14.0. The van der Waals surface area contributed by atoms with E-state index in [1.54, 1.807) is 33.5 Å². The molecule has 0 aromatic heterocycles. The third kappa shape index (κ3) is 4.43. The summed E-state index contributed by atoms with van der Waals surface area (Å²) in [6.45, 7) is 5.00. The average molecular weight is 419 g/mol. The van der Waals surface area contributed by atoms with Gasteiger partial charge in [0.25, 0.3) is 5.91 Å². The van der Waals surface area contributed by atoms with Gasteiger partial charge in [-0.15, -0.1) is 0 Å². The van der Waals surface area contributed by atoms with Crippen LogP contribution in [-0.2, 0) is 0 Å². The second-order valence-electron chi connectivity index (χ2n) is 6.94. The van der Waals surface area contributed by atoms with E-state index in [-0.39, 0.29) is 11.9 Å². The van der Waals surface area contributed by atoms with Gasteiger partial charge in [0, 0.05) is 42.8 Å². The summed E-state index contributed by atoms with van der Waals surface area (Å²) in [5, 5.41) is 0.774. The Labute approximate surface area is 176 Å². The monoisotopic (exact) mass is 418 g/mol. The zero-order chi connectivity index (χ0) is 21.0. The minimum atomic E-state index is -0.0469. The van der Waals surface area contributed by atoms with Crippen LogP contribution >= 0.6 is 11.6 Å². The van der Waals surface area contributed by atoms with Crippen molar-refractivity contribution < 1.29 is 19.0 Å². The molecular weight excluding hydrogens is 392 g/mol. The first-order valence-corrected chi connectivity index (χ1v) is 9.95. The van der Waals surface area contributed by atoms with E-state index in [1.165, 1.54) is 0 Å². The van der Waals surface area contributed by atoms with Crippen LogP contribution in [0, 0.1) is 0 Å². The molecule has 0 spiro atoms. The number of benzene rings is 2. The van der Waals surface area contributed by atoms with Gasteiger partial charge < -0.3 is 19.1 Å². The molecule has 7 heteroatoms. The molecule has 1 aliphatic rings.